The third-order valence-electron chi connectivity index (χ3n) is 3.70. The molecule has 0 radical (unpaired) electrons. The second kappa shape index (κ2) is 7.98. The van der Waals surface area contributed by atoms with Crippen molar-refractivity contribution in [3.05, 3.63) is 59.7 Å². The molecule has 0 fully saturated rings. The molecular weight excluding hydrogens is 376 g/mol. The summed E-state index contributed by atoms with van der Waals surface area (Å²) in [6, 6.07) is 12.2. The molecule has 2 aromatic rings. The highest BCUT2D eigenvalue weighted by molar-refractivity contribution is 7.90. The highest BCUT2D eigenvalue weighted by Gasteiger charge is 2.14. The van der Waals surface area contributed by atoms with Crippen molar-refractivity contribution in [1.82, 2.24) is 10.0 Å². The predicted molar refractivity (Wildman–Crippen MR) is 98.3 cm³/mol. The number of hydrogen-bond acceptors (Lipinski definition) is 5. The molecule has 0 atom stereocenters. The number of sulfone groups is 1. The lowest BCUT2D eigenvalue weighted by atomic mass is 10.1. The van der Waals surface area contributed by atoms with Crippen LogP contribution in [-0.2, 0) is 26.3 Å². The molecule has 0 aliphatic heterocycles. The number of amides is 1. The molecule has 9 heteroatoms. The summed E-state index contributed by atoms with van der Waals surface area (Å²) in [5.41, 5.74) is 1.01. The number of hydrogen-bond donors (Lipinski definition) is 2. The first-order chi connectivity index (χ1) is 12.1. The molecule has 0 saturated heterocycles. The Balaban J connectivity index is 2.03. The van der Waals surface area contributed by atoms with Crippen LogP contribution in [0, 0.1) is 0 Å². The lowest BCUT2D eigenvalue weighted by Gasteiger charge is -2.08. The standard InChI is InChI=1S/C17H20N2O5S2/c1-18-26(23,24)16-8-4-6-14(12-16)17(20)19-10-9-13-5-3-7-15(11-13)25(2,21)22/h3-8,11-12,18H,9-10H2,1-2H3,(H,19,20). The monoisotopic (exact) mass is 396 g/mol. The number of carbonyl (C=O) groups excluding carboxylic acids is 1. The molecule has 0 aliphatic rings. The number of benzene rings is 2. The minimum absolute atomic E-state index is 0.00787. The van der Waals surface area contributed by atoms with Crippen molar-refractivity contribution in [2.24, 2.45) is 0 Å². The van der Waals surface area contributed by atoms with Crippen molar-refractivity contribution in [3.8, 4) is 0 Å². The minimum atomic E-state index is -3.62. The minimum Gasteiger partial charge on any atom is -0.352 e. The van der Waals surface area contributed by atoms with E-state index in [9.17, 15) is 21.6 Å². The van der Waals surface area contributed by atoms with Gasteiger partial charge in [-0.2, -0.15) is 0 Å². The quantitative estimate of drug-likeness (QED) is 0.725. The Morgan fingerprint density at radius 1 is 0.962 bits per heavy atom. The van der Waals surface area contributed by atoms with Crippen LogP contribution in [-0.4, -0.2) is 42.6 Å². The van der Waals surface area contributed by atoms with E-state index in [0.29, 0.717) is 6.42 Å². The van der Waals surface area contributed by atoms with Crippen molar-refractivity contribution >= 4 is 25.8 Å². The fraction of sp³-hybridized carbons (Fsp3) is 0.235. The molecular formula is C17H20N2O5S2. The smallest absolute Gasteiger partial charge is 0.251 e. The molecule has 0 saturated carbocycles. The van der Waals surface area contributed by atoms with E-state index in [0.717, 1.165) is 11.8 Å². The molecule has 2 aromatic carbocycles. The summed E-state index contributed by atoms with van der Waals surface area (Å²) in [7, 11) is -5.61. The average Bonchev–Trinajstić information content (AvgIpc) is 2.61. The van der Waals surface area contributed by atoms with Gasteiger partial charge >= 0.3 is 0 Å². The van der Waals surface area contributed by atoms with Crippen molar-refractivity contribution in [2.45, 2.75) is 16.2 Å². The second-order valence-electron chi connectivity index (χ2n) is 5.66. The topological polar surface area (TPSA) is 109 Å². The Bertz CT molecular complexity index is 1010. The third kappa shape index (κ3) is 5.13. The first-order valence-corrected chi connectivity index (χ1v) is 11.1. The Hall–Kier alpha value is -2.23. The van der Waals surface area contributed by atoms with Crippen molar-refractivity contribution in [3.63, 3.8) is 0 Å². The molecule has 26 heavy (non-hydrogen) atoms. The van der Waals surface area contributed by atoms with Gasteiger partial charge in [0.2, 0.25) is 10.0 Å². The van der Waals surface area contributed by atoms with Gasteiger partial charge in [-0.25, -0.2) is 21.6 Å². The second-order valence-corrected chi connectivity index (χ2v) is 9.56. The summed E-state index contributed by atoms with van der Waals surface area (Å²) < 4.78 is 48.9. The molecule has 0 heterocycles. The van der Waals surface area contributed by atoms with Gasteiger partial charge in [-0.1, -0.05) is 18.2 Å². The number of carbonyl (C=O) groups is 1. The van der Waals surface area contributed by atoms with Crippen LogP contribution in [0.2, 0.25) is 0 Å². The maximum absolute atomic E-state index is 12.2. The lowest BCUT2D eigenvalue weighted by Crippen LogP contribution is -2.26. The molecule has 2 rings (SSSR count). The van der Waals surface area contributed by atoms with Gasteiger partial charge in [-0.05, 0) is 49.4 Å². The van der Waals surface area contributed by atoms with Crippen molar-refractivity contribution in [2.75, 3.05) is 19.8 Å². The van der Waals surface area contributed by atoms with E-state index in [2.05, 4.69) is 10.0 Å². The van der Waals surface area contributed by atoms with Crippen molar-refractivity contribution < 1.29 is 21.6 Å². The molecule has 2 N–H and O–H groups in total. The molecule has 0 spiro atoms. The van der Waals surface area contributed by atoms with Gasteiger partial charge < -0.3 is 5.32 Å². The van der Waals surface area contributed by atoms with E-state index < -0.39 is 25.8 Å². The molecule has 0 aliphatic carbocycles. The van der Waals surface area contributed by atoms with Gasteiger partial charge in [0, 0.05) is 18.4 Å². The first kappa shape index (κ1) is 20.1. The van der Waals surface area contributed by atoms with Gasteiger partial charge in [0.1, 0.15) is 0 Å². The Kier molecular flexibility index (Phi) is 6.17. The lowest BCUT2D eigenvalue weighted by molar-refractivity contribution is 0.0954. The number of rotatable bonds is 7. The Morgan fingerprint density at radius 2 is 1.62 bits per heavy atom. The summed E-state index contributed by atoms with van der Waals surface area (Å²) >= 11 is 0. The van der Waals surface area contributed by atoms with Gasteiger partial charge in [0.05, 0.1) is 9.79 Å². The van der Waals surface area contributed by atoms with E-state index in [1.807, 2.05) is 0 Å². The number of nitrogens with one attached hydrogen (secondary N) is 2. The molecule has 1 amide bonds. The van der Waals surface area contributed by atoms with E-state index in [1.165, 1.54) is 37.4 Å². The normalized spacial score (nSPS) is 11.9. The van der Waals surface area contributed by atoms with Gasteiger partial charge in [0.25, 0.3) is 5.91 Å². The van der Waals surface area contributed by atoms with E-state index in [-0.39, 0.29) is 21.9 Å². The Morgan fingerprint density at radius 3 is 2.27 bits per heavy atom. The van der Waals surface area contributed by atoms with E-state index >= 15 is 0 Å². The van der Waals surface area contributed by atoms with Crippen molar-refractivity contribution in [1.29, 1.82) is 0 Å². The first-order valence-electron chi connectivity index (χ1n) is 7.74. The Labute approximate surface area is 153 Å². The fourth-order valence-corrected chi connectivity index (χ4v) is 3.74. The maximum Gasteiger partial charge on any atom is 0.251 e. The summed E-state index contributed by atoms with van der Waals surface area (Å²) in [6.45, 7) is 0.287. The number of sulfonamides is 1. The van der Waals surface area contributed by atoms with Crippen LogP contribution in [0.4, 0.5) is 0 Å². The van der Waals surface area contributed by atoms with Gasteiger partial charge in [0.15, 0.2) is 9.84 Å². The average molecular weight is 396 g/mol. The predicted octanol–water partition coefficient (Wildman–Crippen LogP) is 0.971. The summed E-state index contributed by atoms with van der Waals surface area (Å²) in [4.78, 5) is 12.4. The summed E-state index contributed by atoms with van der Waals surface area (Å²) in [5, 5.41) is 2.70. The molecule has 140 valence electrons. The summed E-state index contributed by atoms with van der Waals surface area (Å²) in [6.07, 6.45) is 1.59. The molecule has 0 unspecified atom stereocenters. The zero-order valence-electron chi connectivity index (χ0n) is 14.4. The van der Waals surface area contributed by atoms with Crippen LogP contribution in [0.5, 0.6) is 0 Å². The van der Waals surface area contributed by atoms with Crippen LogP contribution < -0.4 is 10.0 Å². The summed E-state index contributed by atoms with van der Waals surface area (Å²) in [5.74, 6) is -0.405. The van der Waals surface area contributed by atoms with Crippen LogP contribution in [0.15, 0.2) is 58.3 Å². The fourth-order valence-electron chi connectivity index (χ4n) is 2.28. The van der Waals surface area contributed by atoms with Crippen LogP contribution in [0.3, 0.4) is 0 Å². The van der Waals surface area contributed by atoms with E-state index in [1.54, 1.807) is 18.2 Å². The highest BCUT2D eigenvalue weighted by atomic mass is 32.2. The van der Waals surface area contributed by atoms with Crippen LogP contribution in [0.1, 0.15) is 15.9 Å². The molecule has 0 bridgehead atoms. The largest absolute Gasteiger partial charge is 0.352 e. The van der Waals surface area contributed by atoms with Crippen LogP contribution >= 0.6 is 0 Å². The maximum atomic E-state index is 12.2. The molecule has 0 aromatic heterocycles. The molecule has 7 nitrogen and oxygen atoms in total. The van der Waals surface area contributed by atoms with Gasteiger partial charge in [-0.15, -0.1) is 0 Å². The SMILES string of the molecule is CNS(=O)(=O)c1cccc(C(=O)NCCc2cccc(S(C)(=O)=O)c2)c1. The van der Waals surface area contributed by atoms with Crippen LogP contribution in [0.25, 0.3) is 0 Å². The zero-order chi connectivity index (χ0) is 19.4. The van der Waals surface area contributed by atoms with Gasteiger partial charge in [-0.3, -0.25) is 4.79 Å². The highest BCUT2D eigenvalue weighted by Crippen LogP contribution is 2.13. The van der Waals surface area contributed by atoms with E-state index in [4.69, 9.17) is 0 Å². The zero-order valence-corrected chi connectivity index (χ0v) is 16.0. The third-order valence-corrected chi connectivity index (χ3v) is 6.22.